The highest BCUT2D eigenvalue weighted by Gasteiger charge is 2.16. The third-order valence-electron chi connectivity index (χ3n) is 4.83. The van der Waals surface area contributed by atoms with Crippen molar-refractivity contribution in [1.29, 1.82) is 5.26 Å². The molecular formula is C22H24N4O3S2. The number of carbonyl (C=O) groups excluding carboxylic acids is 1. The Bertz CT molecular complexity index is 1340. The first kappa shape index (κ1) is 22.7. The van der Waals surface area contributed by atoms with Crippen molar-refractivity contribution in [2.45, 2.75) is 39.1 Å². The number of nitrogens with zero attached hydrogens (tertiary/aromatic N) is 3. The lowest BCUT2D eigenvalue weighted by molar-refractivity contribution is -0.112. The molecule has 1 N–H and O–H groups in total. The SMILES string of the molecule is Cc1cc(/C=C(\C#N)C(=O)Nc2nc3ccc(S(C)(=O)=O)cc3s2)c(C)n1CC(C)C. The number of hydrogen-bond acceptors (Lipinski definition) is 6. The Morgan fingerprint density at radius 1 is 1.32 bits per heavy atom. The molecule has 0 fully saturated rings. The zero-order valence-electron chi connectivity index (χ0n) is 18.1. The Morgan fingerprint density at radius 3 is 2.65 bits per heavy atom. The van der Waals surface area contributed by atoms with Gasteiger partial charge in [0.2, 0.25) is 0 Å². The summed E-state index contributed by atoms with van der Waals surface area (Å²) in [6, 6.07) is 8.55. The Kier molecular flexibility index (Phi) is 6.34. The largest absolute Gasteiger partial charge is 0.348 e. The molecule has 3 aromatic rings. The van der Waals surface area contributed by atoms with Crippen LogP contribution in [-0.4, -0.2) is 30.1 Å². The lowest BCUT2D eigenvalue weighted by atomic mass is 10.1. The average Bonchev–Trinajstić information content (AvgIpc) is 3.19. The molecule has 0 bridgehead atoms. The number of aryl methyl sites for hydroxylation is 1. The number of amides is 1. The standard InChI is InChI=1S/C22H24N4O3S2/c1-13(2)12-26-14(3)8-16(15(26)4)9-17(11-23)21(27)25-22-24-19-7-6-18(31(5,28)29)10-20(19)30-22/h6-10,13H,12H2,1-5H3,(H,24,25,27)/b17-9+. The van der Waals surface area contributed by atoms with Crippen molar-refractivity contribution in [3.8, 4) is 6.07 Å². The zero-order chi connectivity index (χ0) is 22.9. The molecule has 9 heteroatoms. The molecule has 162 valence electrons. The van der Waals surface area contributed by atoms with E-state index < -0.39 is 15.7 Å². The molecule has 31 heavy (non-hydrogen) atoms. The number of sulfone groups is 1. The van der Waals surface area contributed by atoms with Crippen molar-refractivity contribution in [3.05, 3.63) is 46.8 Å². The molecule has 0 unspecified atom stereocenters. The molecule has 0 saturated heterocycles. The van der Waals surface area contributed by atoms with Crippen LogP contribution in [0.25, 0.3) is 16.3 Å². The van der Waals surface area contributed by atoms with Gasteiger partial charge in [-0.25, -0.2) is 13.4 Å². The van der Waals surface area contributed by atoms with Gasteiger partial charge < -0.3 is 4.57 Å². The van der Waals surface area contributed by atoms with Gasteiger partial charge in [-0.05, 0) is 55.7 Å². The summed E-state index contributed by atoms with van der Waals surface area (Å²) >= 11 is 1.16. The van der Waals surface area contributed by atoms with E-state index in [0.29, 0.717) is 21.3 Å². The maximum Gasteiger partial charge on any atom is 0.268 e. The van der Waals surface area contributed by atoms with E-state index in [1.165, 1.54) is 12.1 Å². The number of rotatable bonds is 6. The Morgan fingerprint density at radius 2 is 2.03 bits per heavy atom. The van der Waals surface area contributed by atoms with Crippen molar-refractivity contribution < 1.29 is 13.2 Å². The smallest absolute Gasteiger partial charge is 0.268 e. The van der Waals surface area contributed by atoms with Crippen molar-refractivity contribution >= 4 is 48.5 Å². The van der Waals surface area contributed by atoms with Crippen LogP contribution in [0.1, 0.15) is 30.8 Å². The number of thiazole rings is 1. The zero-order valence-corrected chi connectivity index (χ0v) is 19.7. The number of aromatic nitrogens is 2. The van der Waals surface area contributed by atoms with Crippen LogP contribution >= 0.6 is 11.3 Å². The van der Waals surface area contributed by atoms with Crippen LogP contribution in [0.15, 0.2) is 34.7 Å². The molecule has 0 saturated carbocycles. The van der Waals surface area contributed by atoms with Crippen LogP contribution < -0.4 is 5.32 Å². The molecule has 0 aliphatic carbocycles. The molecule has 0 spiro atoms. The Hall–Kier alpha value is -2.96. The second-order valence-corrected chi connectivity index (χ2v) is 10.9. The lowest BCUT2D eigenvalue weighted by Gasteiger charge is -2.12. The van der Waals surface area contributed by atoms with Gasteiger partial charge in [-0.3, -0.25) is 10.1 Å². The number of nitriles is 1. The van der Waals surface area contributed by atoms with Crippen LogP contribution in [0.5, 0.6) is 0 Å². The quantitative estimate of drug-likeness (QED) is 0.439. The molecule has 0 aliphatic heterocycles. The maximum absolute atomic E-state index is 12.7. The normalized spacial score (nSPS) is 12.4. The number of fused-ring (bicyclic) bond motifs is 1. The van der Waals surface area contributed by atoms with Crippen LogP contribution in [0.4, 0.5) is 5.13 Å². The molecule has 7 nitrogen and oxygen atoms in total. The fraction of sp³-hybridized carbons (Fsp3) is 0.318. The van der Waals surface area contributed by atoms with Gasteiger partial charge in [0.05, 0.1) is 15.1 Å². The number of carbonyl (C=O) groups is 1. The number of nitrogens with one attached hydrogen (secondary N) is 1. The van der Waals surface area contributed by atoms with Gasteiger partial charge in [-0.2, -0.15) is 5.26 Å². The topological polar surface area (TPSA) is 105 Å². The van der Waals surface area contributed by atoms with Crippen LogP contribution in [-0.2, 0) is 21.2 Å². The summed E-state index contributed by atoms with van der Waals surface area (Å²) in [6.45, 7) is 9.12. The third kappa shape index (κ3) is 5.03. The second-order valence-electron chi connectivity index (χ2n) is 7.88. The van der Waals surface area contributed by atoms with Crippen molar-refractivity contribution in [2.24, 2.45) is 5.92 Å². The highest BCUT2D eigenvalue weighted by Crippen LogP contribution is 2.28. The molecule has 2 heterocycles. The summed E-state index contributed by atoms with van der Waals surface area (Å²) in [6.07, 6.45) is 2.73. The summed E-state index contributed by atoms with van der Waals surface area (Å²) in [5.41, 5.74) is 3.45. The highest BCUT2D eigenvalue weighted by atomic mass is 32.2. The van der Waals surface area contributed by atoms with E-state index in [1.807, 2.05) is 26.0 Å². The summed E-state index contributed by atoms with van der Waals surface area (Å²) in [7, 11) is -3.34. The fourth-order valence-electron chi connectivity index (χ4n) is 3.28. The molecule has 0 aliphatic rings. The minimum Gasteiger partial charge on any atom is -0.348 e. The van der Waals surface area contributed by atoms with Crippen molar-refractivity contribution in [1.82, 2.24) is 9.55 Å². The van der Waals surface area contributed by atoms with Crippen molar-refractivity contribution in [2.75, 3.05) is 11.6 Å². The van der Waals surface area contributed by atoms with E-state index in [0.717, 1.165) is 41.1 Å². The number of hydrogen-bond donors (Lipinski definition) is 1. The maximum atomic E-state index is 12.7. The number of anilines is 1. The predicted molar refractivity (Wildman–Crippen MR) is 124 cm³/mol. The van der Waals surface area contributed by atoms with Crippen LogP contribution in [0.2, 0.25) is 0 Å². The molecular weight excluding hydrogens is 432 g/mol. The van der Waals surface area contributed by atoms with E-state index in [1.54, 1.807) is 12.1 Å². The third-order valence-corrected chi connectivity index (χ3v) is 6.88. The van der Waals surface area contributed by atoms with Gasteiger partial charge in [0.15, 0.2) is 15.0 Å². The van der Waals surface area contributed by atoms with Crippen molar-refractivity contribution in [3.63, 3.8) is 0 Å². The van der Waals surface area contributed by atoms with Crippen LogP contribution in [0, 0.1) is 31.1 Å². The van der Waals surface area contributed by atoms with E-state index in [-0.39, 0.29) is 10.5 Å². The predicted octanol–water partition coefficient (Wildman–Crippen LogP) is 4.32. The van der Waals surface area contributed by atoms with Gasteiger partial charge in [0.25, 0.3) is 5.91 Å². The summed E-state index contributed by atoms with van der Waals surface area (Å²) in [4.78, 5) is 17.2. The molecule has 0 radical (unpaired) electrons. The van der Waals surface area contributed by atoms with E-state index in [9.17, 15) is 18.5 Å². The minimum atomic E-state index is -3.34. The molecule has 1 amide bonds. The Labute approximate surface area is 186 Å². The molecule has 1 aromatic carbocycles. The summed E-state index contributed by atoms with van der Waals surface area (Å²) < 4.78 is 26.3. The Balaban J connectivity index is 1.87. The van der Waals surface area contributed by atoms with Gasteiger partial charge in [-0.1, -0.05) is 25.2 Å². The highest BCUT2D eigenvalue weighted by molar-refractivity contribution is 7.90. The van der Waals surface area contributed by atoms with E-state index in [4.69, 9.17) is 0 Å². The number of benzene rings is 1. The second kappa shape index (κ2) is 8.65. The van der Waals surface area contributed by atoms with E-state index in [2.05, 4.69) is 28.7 Å². The van der Waals surface area contributed by atoms with Gasteiger partial charge in [-0.15, -0.1) is 0 Å². The van der Waals surface area contributed by atoms with E-state index >= 15 is 0 Å². The summed E-state index contributed by atoms with van der Waals surface area (Å²) in [5, 5.41) is 12.5. The molecule has 2 aromatic heterocycles. The monoisotopic (exact) mass is 456 g/mol. The van der Waals surface area contributed by atoms with Crippen LogP contribution in [0.3, 0.4) is 0 Å². The molecule has 0 atom stereocenters. The lowest BCUT2D eigenvalue weighted by Crippen LogP contribution is -2.13. The first-order chi connectivity index (χ1) is 14.5. The fourth-order valence-corrected chi connectivity index (χ4v) is 4.90. The minimum absolute atomic E-state index is 0.0270. The average molecular weight is 457 g/mol. The van der Waals surface area contributed by atoms with Gasteiger partial charge >= 0.3 is 0 Å². The molecule has 3 rings (SSSR count). The summed E-state index contributed by atoms with van der Waals surface area (Å²) in [5.74, 6) is -0.0823. The first-order valence-electron chi connectivity index (χ1n) is 9.70. The van der Waals surface area contributed by atoms with Gasteiger partial charge in [0, 0.05) is 24.2 Å². The first-order valence-corrected chi connectivity index (χ1v) is 12.4. The van der Waals surface area contributed by atoms with Gasteiger partial charge in [0.1, 0.15) is 11.6 Å².